The molecule has 0 spiro atoms. The van der Waals surface area contributed by atoms with Crippen LogP contribution >= 0.6 is 12.4 Å². The lowest BCUT2D eigenvalue weighted by atomic mass is 10.0. The first-order chi connectivity index (χ1) is 3.62. The predicted octanol–water partition coefficient (Wildman–Crippen LogP) is -0.500. The SMILES string of the molecule is CC(N)(CO)CCO.Cl. The molecule has 1 unspecified atom stereocenters. The summed E-state index contributed by atoms with van der Waals surface area (Å²) in [4.78, 5) is 0. The average Bonchev–Trinajstić information content (AvgIpc) is 1.67. The van der Waals surface area contributed by atoms with Gasteiger partial charge in [0.25, 0.3) is 0 Å². The second-order valence-corrected chi connectivity index (χ2v) is 2.29. The van der Waals surface area contributed by atoms with Crippen molar-refractivity contribution in [3.63, 3.8) is 0 Å². The van der Waals surface area contributed by atoms with Gasteiger partial charge < -0.3 is 15.9 Å². The zero-order valence-corrected chi connectivity index (χ0v) is 6.32. The fourth-order valence-corrected chi connectivity index (χ4v) is 0.334. The minimum absolute atomic E-state index is 0. The molecule has 0 bridgehead atoms. The zero-order chi connectivity index (χ0) is 6.62. The van der Waals surface area contributed by atoms with Crippen molar-refractivity contribution >= 4 is 12.4 Å². The number of aliphatic hydroxyl groups is 2. The summed E-state index contributed by atoms with van der Waals surface area (Å²) >= 11 is 0. The lowest BCUT2D eigenvalue weighted by Gasteiger charge is -2.19. The maximum Gasteiger partial charge on any atom is 0.0609 e. The molecule has 9 heavy (non-hydrogen) atoms. The standard InChI is InChI=1S/C5H13NO2.ClH/c1-5(6,4-8)2-3-7;/h7-8H,2-4,6H2,1H3;1H. The van der Waals surface area contributed by atoms with E-state index in [0.717, 1.165) is 0 Å². The van der Waals surface area contributed by atoms with Gasteiger partial charge in [0.1, 0.15) is 0 Å². The Balaban J connectivity index is 0. The van der Waals surface area contributed by atoms with Crippen LogP contribution < -0.4 is 5.73 Å². The Morgan fingerprint density at radius 2 is 1.89 bits per heavy atom. The van der Waals surface area contributed by atoms with Crippen LogP contribution in [0, 0.1) is 0 Å². The third kappa shape index (κ3) is 6.05. The molecule has 3 nitrogen and oxygen atoms in total. The maximum atomic E-state index is 8.49. The summed E-state index contributed by atoms with van der Waals surface area (Å²) in [5, 5.41) is 16.8. The molecule has 0 aliphatic carbocycles. The molecule has 0 saturated heterocycles. The normalized spacial score (nSPS) is 16.0. The van der Waals surface area contributed by atoms with Gasteiger partial charge in [-0.05, 0) is 13.3 Å². The molecule has 0 aliphatic heterocycles. The highest BCUT2D eigenvalue weighted by atomic mass is 35.5. The average molecular weight is 156 g/mol. The molecule has 58 valence electrons. The minimum atomic E-state index is -0.602. The highest BCUT2D eigenvalue weighted by Gasteiger charge is 2.14. The van der Waals surface area contributed by atoms with Crippen molar-refractivity contribution in [1.82, 2.24) is 0 Å². The van der Waals surface area contributed by atoms with Crippen LogP contribution in [0.2, 0.25) is 0 Å². The van der Waals surface area contributed by atoms with Crippen LogP contribution in [0.1, 0.15) is 13.3 Å². The summed E-state index contributed by atoms with van der Waals surface area (Å²) in [6.45, 7) is 1.66. The number of hydrogen-bond donors (Lipinski definition) is 3. The molecule has 0 amide bonds. The molecule has 4 N–H and O–H groups in total. The van der Waals surface area contributed by atoms with Gasteiger partial charge in [0.15, 0.2) is 0 Å². The van der Waals surface area contributed by atoms with Crippen LogP contribution in [0.25, 0.3) is 0 Å². The summed E-state index contributed by atoms with van der Waals surface area (Å²) in [5.74, 6) is 0. The van der Waals surface area contributed by atoms with E-state index in [9.17, 15) is 0 Å². The molecule has 0 aromatic carbocycles. The van der Waals surface area contributed by atoms with E-state index in [2.05, 4.69) is 0 Å². The molecule has 1 atom stereocenters. The molecule has 0 aliphatic rings. The molecular formula is C5H14ClNO2. The summed E-state index contributed by atoms with van der Waals surface area (Å²) in [6.07, 6.45) is 0.448. The van der Waals surface area contributed by atoms with Gasteiger partial charge in [0.05, 0.1) is 6.61 Å². The van der Waals surface area contributed by atoms with E-state index in [1.165, 1.54) is 0 Å². The van der Waals surface area contributed by atoms with Crippen molar-refractivity contribution in [1.29, 1.82) is 0 Å². The highest BCUT2D eigenvalue weighted by Crippen LogP contribution is 2.01. The van der Waals surface area contributed by atoms with E-state index in [4.69, 9.17) is 15.9 Å². The van der Waals surface area contributed by atoms with Gasteiger partial charge in [-0.1, -0.05) is 0 Å². The first kappa shape index (κ1) is 11.9. The van der Waals surface area contributed by atoms with E-state index in [0.29, 0.717) is 6.42 Å². The Morgan fingerprint density at radius 1 is 1.44 bits per heavy atom. The maximum absolute atomic E-state index is 8.49. The lowest BCUT2D eigenvalue weighted by Crippen LogP contribution is -2.40. The molecule has 0 radical (unpaired) electrons. The molecular weight excluding hydrogens is 142 g/mol. The molecule has 0 rings (SSSR count). The van der Waals surface area contributed by atoms with Crippen LogP contribution in [0.15, 0.2) is 0 Å². The largest absolute Gasteiger partial charge is 0.396 e. The number of rotatable bonds is 3. The van der Waals surface area contributed by atoms with E-state index in [-0.39, 0.29) is 25.6 Å². The quantitative estimate of drug-likeness (QED) is 0.515. The molecule has 0 fully saturated rings. The minimum Gasteiger partial charge on any atom is -0.396 e. The zero-order valence-electron chi connectivity index (χ0n) is 5.50. The van der Waals surface area contributed by atoms with Gasteiger partial charge in [-0.25, -0.2) is 0 Å². The Bertz CT molecular complexity index is 68.0. The monoisotopic (exact) mass is 155 g/mol. The summed E-state index contributed by atoms with van der Waals surface area (Å²) < 4.78 is 0. The predicted molar refractivity (Wildman–Crippen MR) is 38.6 cm³/mol. The topological polar surface area (TPSA) is 66.5 Å². The highest BCUT2D eigenvalue weighted by molar-refractivity contribution is 5.85. The fourth-order valence-electron chi connectivity index (χ4n) is 0.334. The van der Waals surface area contributed by atoms with E-state index >= 15 is 0 Å². The van der Waals surface area contributed by atoms with E-state index in [1.54, 1.807) is 6.92 Å². The van der Waals surface area contributed by atoms with Gasteiger partial charge in [-0.15, -0.1) is 12.4 Å². The van der Waals surface area contributed by atoms with Gasteiger partial charge in [0, 0.05) is 12.1 Å². The van der Waals surface area contributed by atoms with Gasteiger partial charge >= 0.3 is 0 Å². The van der Waals surface area contributed by atoms with Crippen molar-refractivity contribution in [3.05, 3.63) is 0 Å². The Kier molecular flexibility index (Phi) is 6.61. The van der Waals surface area contributed by atoms with Crippen LogP contribution in [0.4, 0.5) is 0 Å². The van der Waals surface area contributed by atoms with Crippen molar-refractivity contribution in [3.8, 4) is 0 Å². The van der Waals surface area contributed by atoms with E-state index < -0.39 is 5.54 Å². The van der Waals surface area contributed by atoms with E-state index in [1.807, 2.05) is 0 Å². The van der Waals surface area contributed by atoms with Crippen LogP contribution in [0.3, 0.4) is 0 Å². The Labute approximate surface area is 61.3 Å². The first-order valence-electron chi connectivity index (χ1n) is 2.63. The van der Waals surface area contributed by atoms with Crippen molar-refractivity contribution in [2.45, 2.75) is 18.9 Å². The smallest absolute Gasteiger partial charge is 0.0609 e. The molecule has 0 aromatic rings. The Hall–Kier alpha value is 0.170. The summed E-state index contributed by atoms with van der Waals surface area (Å²) in [6, 6.07) is 0. The molecule has 0 aromatic heterocycles. The molecule has 0 saturated carbocycles. The Morgan fingerprint density at radius 3 is 2.00 bits per heavy atom. The van der Waals surface area contributed by atoms with Crippen molar-refractivity contribution in [2.24, 2.45) is 5.73 Å². The van der Waals surface area contributed by atoms with Gasteiger partial charge in [-0.2, -0.15) is 0 Å². The first-order valence-corrected chi connectivity index (χ1v) is 2.63. The number of aliphatic hydroxyl groups excluding tert-OH is 2. The molecule has 0 heterocycles. The summed E-state index contributed by atoms with van der Waals surface area (Å²) in [7, 11) is 0. The third-order valence-electron chi connectivity index (χ3n) is 1.04. The van der Waals surface area contributed by atoms with Crippen LogP contribution in [-0.2, 0) is 0 Å². The van der Waals surface area contributed by atoms with Crippen LogP contribution in [0.5, 0.6) is 0 Å². The fraction of sp³-hybridized carbons (Fsp3) is 1.00. The number of halogens is 1. The summed E-state index contributed by atoms with van der Waals surface area (Å²) in [5.41, 5.74) is 4.81. The van der Waals surface area contributed by atoms with Crippen molar-refractivity contribution in [2.75, 3.05) is 13.2 Å². The molecule has 4 heteroatoms. The second kappa shape index (κ2) is 4.99. The van der Waals surface area contributed by atoms with Crippen LogP contribution in [-0.4, -0.2) is 29.0 Å². The third-order valence-corrected chi connectivity index (χ3v) is 1.04. The number of hydrogen-bond acceptors (Lipinski definition) is 3. The lowest BCUT2D eigenvalue weighted by molar-refractivity contribution is 0.168. The number of nitrogens with two attached hydrogens (primary N) is 1. The van der Waals surface area contributed by atoms with Crippen molar-refractivity contribution < 1.29 is 10.2 Å². The van der Waals surface area contributed by atoms with Gasteiger partial charge in [0.2, 0.25) is 0 Å². The second-order valence-electron chi connectivity index (χ2n) is 2.29. The van der Waals surface area contributed by atoms with Gasteiger partial charge in [-0.3, -0.25) is 0 Å².